The zero-order valence-corrected chi connectivity index (χ0v) is 22.9. The topological polar surface area (TPSA) is 130 Å². The monoisotopic (exact) mass is 572 g/mol. The molecule has 5 rings (SSSR count). The molecule has 5 aromatic rings. The van der Waals surface area contributed by atoms with E-state index in [9.17, 15) is 14.4 Å². The van der Waals surface area contributed by atoms with Gasteiger partial charge in [-0.25, -0.2) is 10.5 Å². The molecule has 0 fully saturated rings. The van der Waals surface area contributed by atoms with Crippen molar-refractivity contribution < 1.29 is 24.3 Å². The number of hydroxylamine groups is 1. The second-order valence-electron chi connectivity index (χ2n) is 9.63. The Morgan fingerprint density at radius 2 is 1.58 bits per heavy atom. The van der Waals surface area contributed by atoms with Gasteiger partial charge in [0.15, 0.2) is 0 Å². The molecule has 1 aromatic heterocycles. The average molecular weight is 573 g/mol. The molecule has 9 heteroatoms. The van der Waals surface area contributed by atoms with Crippen LogP contribution >= 0.6 is 0 Å². The molecule has 0 saturated carbocycles. The molecule has 9 nitrogen and oxygen atoms in total. The third-order valence-electron chi connectivity index (χ3n) is 6.55. The molecule has 0 spiro atoms. The molecule has 0 unspecified atom stereocenters. The van der Waals surface area contributed by atoms with Crippen LogP contribution in [-0.4, -0.2) is 34.0 Å². The first-order chi connectivity index (χ1) is 21.0. The van der Waals surface area contributed by atoms with Crippen molar-refractivity contribution in [3.8, 4) is 11.6 Å². The summed E-state index contributed by atoms with van der Waals surface area (Å²) in [6, 6.07) is 31.7. The zero-order chi connectivity index (χ0) is 30.0. The molecule has 0 bridgehead atoms. The van der Waals surface area contributed by atoms with E-state index >= 15 is 0 Å². The van der Waals surface area contributed by atoms with E-state index in [1.165, 1.54) is 30.3 Å². The lowest BCUT2D eigenvalue weighted by Crippen LogP contribution is -2.44. The summed E-state index contributed by atoms with van der Waals surface area (Å²) in [6.07, 6.45) is 4.78. The number of aromatic nitrogens is 1. The van der Waals surface area contributed by atoms with Crippen molar-refractivity contribution in [1.82, 2.24) is 15.8 Å². The Kier molecular flexibility index (Phi) is 9.16. The predicted octanol–water partition coefficient (Wildman–Crippen LogP) is 5.53. The number of hydrogen-bond donors (Lipinski definition) is 4. The standard InChI is InChI=1S/C34H28N4O5/c39-31(18-11-23-12-19-32(35-22-23)43-29-8-2-1-3-9-29)37-30(21-24-10-13-25-6-4-5-7-27(25)20-24)34(41)36-28-16-14-26(15-17-28)33(40)38-42/h1-20,22,30,42H,21H2,(H,36,41)(H,37,39)(H,38,40)/b18-11+/t30-/m0/s1. The van der Waals surface area contributed by atoms with Crippen LogP contribution < -0.4 is 20.9 Å². The Bertz CT molecular complexity index is 1750. The van der Waals surface area contributed by atoms with Crippen molar-refractivity contribution >= 4 is 40.3 Å². The summed E-state index contributed by atoms with van der Waals surface area (Å²) >= 11 is 0. The highest BCUT2D eigenvalue weighted by Crippen LogP contribution is 2.20. The number of nitrogens with one attached hydrogen (secondary N) is 3. The zero-order valence-electron chi connectivity index (χ0n) is 22.9. The van der Waals surface area contributed by atoms with Crippen LogP contribution in [0.25, 0.3) is 16.8 Å². The van der Waals surface area contributed by atoms with Gasteiger partial charge < -0.3 is 15.4 Å². The molecular weight excluding hydrogens is 544 g/mol. The molecule has 1 heterocycles. The highest BCUT2D eigenvalue weighted by Gasteiger charge is 2.21. The third kappa shape index (κ3) is 7.90. The smallest absolute Gasteiger partial charge is 0.274 e. The second kappa shape index (κ2) is 13.7. The molecule has 43 heavy (non-hydrogen) atoms. The number of fused-ring (bicyclic) bond motifs is 1. The second-order valence-corrected chi connectivity index (χ2v) is 9.63. The maximum atomic E-state index is 13.4. The molecule has 0 radical (unpaired) electrons. The van der Waals surface area contributed by atoms with E-state index in [0.717, 1.165) is 16.3 Å². The summed E-state index contributed by atoms with van der Waals surface area (Å²) in [7, 11) is 0. The number of rotatable bonds is 10. The Balaban J connectivity index is 1.28. The van der Waals surface area contributed by atoms with Crippen LogP contribution in [0.3, 0.4) is 0 Å². The molecule has 214 valence electrons. The summed E-state index contributed by atoms with van der Waals surface area (Å²) in [6.45, 7) is 0. The van der Waals surface area contributed by atoms with Gasteiger partial charge >= 0.3 is 0 Å². The molecular formula is C34H28N4O5. The van der Waals surface area contributed by atoms with E-state index in [0.29, 0.717) is 22.9 Å². The first-order valence-corrected chi connectivity index (χ1v) is 13.5. The number of carbonyl (C=O) groups excluding carboxylic acids is 3. The Morgan fingerprint density at radius 3 is 2.30 bits per heavy atom. The van der Waals surface area contributed by atoms with Gasteiger partial charge in [-0.3, -0.25) is 19.6 Å². The largest absolute Gasteiger partial charge is 0.439 e. The van der Waals surface area contributed by atoms with E-state index in [2.05, 4.69) is 15.6 Å². The van der Waals surface area contributed by atoms with Crippen molar-refractivity contribution in [3.63, 3.8) is 0 Å². The maximum absolute atomic E-state index is 13.4. The van der Waals surface area contributed by atoms with Gasteiger partial charge in [-0.05, 0) is 70.4 Å². The van der Waals surface area contributed by atoms with Crippen LogP contribution in [0.15, 0.2) is 121 Å². The quantitative estimate of drug-likeness (QED) is 0.0990. The number of hydrogen-bond acceptors (Lipinski definition) is 6. The van der Waals surface area contributed by atoms with Crippen LogP contribution in [0.5, 0.6) is 11.6 Å². The first-order valence-electron chi connectivity index (χ1n) is 13.5. The summed E-state index contributed by atoms with van der Waals surface area (Å²) in [4.78, 5) is 42.2. The molecule has 4 aromatic carbocycles. The number of ether oxygens (including phenoxy) is 1. The minimum Gasteiger partial charge on any atom is -0.439 e. The van der Waals surface area contributed by atoms with E-state index < -0.39 is 23.8 Å². The molecule has 1 atom stereocenters. The van der Waals surface area contributed by atoms with Gasteiger partial charge in [-0.15, -0.1) is 0 Å². The van der Waals surface area contributed by atoms with Crippen molar-refractivity contribution in [2.45, 2.75) is 12.5 Å². The molecule has 0 aliphatic carbocycles. The van der Waals surface area contributed by atoms with Crippen LogP contribution in [0.4, 0.5) is 5.69 Å². The van der Waals surface area contributed by atoms with Gasteiger partial charge in [0.25, 0.3) is 5.91 Å². The first kappa shape index (κ1) is 28.7. The van der Waals surface area contributed by atoms with E-state index in [1.54, 1.807) is 29.9 Å². The van der Waals surface area contributed by atoms with Crippen molar-refractivity contribution in [2.75, 3.05) is 5.32 Å². The minimum atomic E-state index is -0.904. The summed E-state index contributed by atoms with van der Waals surface area (Å²) in [5.41, 5.74) is 3.77. The summed E-state index contributed by atoms with van der Waals surface area (Å²) in [5, 5.41) is 16.5. The fourth-order valence-electron chi connectivity index (χ4n) is 4.36. The highest BCUT2D eigenvalue weighted by molar-refractivity contribution is 6.01. The van der Waals surface area contributed by atoms with Crippen molar-refractivity contribution in [2.24, 2.45) is 0 Å². The van der Waals surface area contributed by atoms with Crippen molar-refractivity contribution in [3.05, 3.63) is 138 Å². The highest BCUT2D eigenvalue weighted by atomic mass is 16.5. The fourth-order valence-corrected chi connectivity index (χ4v) is 4.36. The average Bonchev–Trinajstić information content (AvgIpc) is 3.04. The van der Waals surface area contributed by atoms with E-state index in [1.807, 2.05) is 72.8 Å². The van der Waals surface area contributed by atoms with Gasteiger partial charge in [-0.1, -0.05) is 60.7 Å². The van der Waals surface area contributed by atoms with Crippen molar-refractivity contribution in [1.29, 1.82) is 0 Å². The van der Waals surface area contributed by atoms with Gasteiger partial charge in [-0.2, -0.15) is 0 Å². The lowest BCUT2D eigenvalue weighted by molar-refractivity contribution is -0.123. The number of pyridine rings is 1. The lowest BCUT2D eigenvalue weighted by Gasteiger charge is -2.18. The van der Waals surface area contributed by atoms with Crippen LogP contribution in [0.1, 0.15) is 21.5 Å². The Hall–Kier alpha value is -5.80. The Morgan fingerprint density at radius 1 is 0.837 bits per heavy atom. The number of anilines is 1. The number of amides is 3. The molecule has 0 saturated heterocycles. The third-order valence-corrected chi connectivity index (χ3v) is 6.55. The van der Waals surface area contributed by atoms with Gasteiger partial charge in [0.2, 0.25) is 17.7 Å². The number of carbonyl (C=O) groups is 3. The van der Waals surface area contributed by atoms with Crippen LogP contribution in [0, 0.1) is 0 Å². The minimum absolute atomic E-state index is 0.223. The van der Waals surface area contributed by atoms with Gasteiger partial charge in [0, 0.05) is 36.0 Å². The predicted molar refractivity (Wildman–Crippen MR) is 164 cm³/mol. The molecule has 4 N–H and O–H groups in total. The lowest BCUT2D eigenvalue weighted by atomic mass is 10.0. The number of nitrogens with zero attached hydrogens (tertiary/aromatic N) is 1. The maximum Gasteiger partial charge on any atom is 0.274 e. The molecule has 3 amide bonds. The fraction of sp³-hybridized carbons (Fsp3) is 0.0588. The van der Waals surface area contributed by atoms with Gasteiger partial charge in [0.1, 0.15) is 11.8 Å². The SMILES string of the molecule is O=C(/C=C/c1ccc(Oc2ccccc2)nc1)N[C@@H](Cc1ccc2ccccc2c1)C(=O)Nc1ccc(C(=O)NO)cc1. The molecule has 0 aliphatic rings. The number of benzene rings is 4. The summed E-state index contributed by atoms with van der Waals surface area (Å²) < 4.78 is 5.70. The normalized spacial score (nSPS) is 11.6. The van der Waals surface area contributed by atoms with E-state index in [4.69, 9.17) is 9.94 Å². The summed E-state index contributed by atoms with van der Waals surface area (Å²) in [5.74, 6) is -0.469. The Labute approximate surface area is 247 Å². The van der Waals surface area contributed by atoms with E-state index in [-0.39, 0.29) is 12.0 Å². The van der Waals surface area contributed by atoms with Gasteiger partial charge in [0.05, 0.1) is 0 Å². The number of para-hydroxylation sites is 1. The van der Waals surface area contributed by atoms with Crippen LogP contribution in [-0.2, 0) is 16.0 Å². The van der Waals surface area contributed by atoms with Crippen LogP contribution in [0.2, 0.25) is 0 Å². The molecule has 0 aliphatic heterocycles.